The second-order valence-electron chi connectivity index (χ2n) is 7.13. The summed E-state index contributed by atoms with van der Waals surface area (Å²) in [6.45, 7) is 5.21. The van der Waals surface area contributed by atoms with Crippen LogP contribution in [0.4, 0.5) is 0 Å². The summed E-state index contributed by atoms with van der Waals surface area (Å²) in [6, 6.07) is 6.25. The van der Waals surface area contributed by atoms with Gasteiger partial charge in [0.1, 0.15) is 5.75 Å². The molecule has 1 aromatic carbocycles. The lowest BCUT2D eigenvalue weighted by molar-refractivity contribution is -0.123. The van der Waals surface area contributed by atoms with Gasteiger partial charge in [-0.25, -0.2) is 4.57 Å². The highest BCUT2D eigenvalue weighted by atomic mass is 31.2. The summed E-state index contributed by atoms with van der Waals surface area (Å²) in [6.07, 6.45) is 5.49. The standard InChI is InChI=1S/C19H32NO6P/c1-5-6-7-8-9-13-17(21)20-18(19(2,3)26-27(22,23)24)15-11-10-12-16(14-15)25-4/h10-12,14,18H,5-9,13H2,1-4H3,(H,20,21)(H2,22,23,24)/t18-/m1/s1. The Morgan fingerprint density at radius 2 is 1.89 bits per heavy atom. The minimum atomic E-state index is -4.74. The van der Waals surface area contributed by atoms with Crippen LogP contribution in [-0.4, -0.2) is 28.4 Å². The first kappa shape index (κ1) is 23.6. The van der Waals surface area contributed by atoms with E-state index in [0.29, 0.717) is 17.7 Å². The number of amides is 1. The van der Waals surface area contributed by atoms with Crippen LogP contribution in [0.15, 0.2) is 24.3 Å². The van der Waals surface area contributed by atoms with Crippen molar-refractivity contribution in [2.24, 2.45) is 0 Å². The zero-order valence-corrected chi connectivity index (χ0v) is 17.5. The molecule has 0 aromatic heterocycles. The largest absolute Gasteiger partial charge is 0.497 e. The van der Waals surface area contributed by atoms with E-state index in [1.807, 2.05) is 0 Å². The minimum Gasteiger partial charge on any atom is -0.497 e. The van der Waals surface area contributed by atoms with Gasteiger partial charge in [0.2, 0.25) is 5.91 Å². The lowest BCUT2D eigenvalue weighted by Gasteiger charge is -2.35. The molecule has 27 heavy (non-hydrogen) atoms. The van der Waals surface area contributed by atoms with E-state index < -0.39 is 19.5 Å². The Bertz CT molecular complexity index is 643. The molecule has 1 rings (SSSR count). The van der Waals surface area contributed by atoms with Gasteiger partial charge in [-0.05, 0) is 38.0 Å². The Morgan fingerprint density at radius 1 is 1.22 bits per heavy atom. The summed E-state index contributed by atoms with van der Waals surface area (Å²) in [5.74, 6) is 0.403. The molecule has 0 fully saturated rings. The van der Waals surface area contributed by atoms with Gasteiger partial charge in [-0.15, -0.1) is 0 Å². The number of carbonyl (C=O) groups excluding carboxylic acids is 1. The van der Waals surface area contributed by atoms with Crippen molar-refractivity contribution in [1.82, 2.24) is 5.32 Å². The number of unbranched alkanes of at least 4 members (excludes halogenated alkanes) is 4. The van der Waals surface area contributed by atoms with Crippen LogP contribution in [0.2, 0.25) is 0 Å². The van der Waals surface area contributed by atoms with Crippen LogP contribution in [0, 0.1) is 0 Å². The van der Waals surface area contributed by atoms with E-state index in [9.17, 15) is 19.1 Å². The molecule has 0 saturated heterocycles. The van der Waals surface area contributed by atoms with Gasteiger partial charge in [-0.2, -0.15) is 0 Å². The van der Waals surface area contributed by atoms with Crippen molar-refractivity contribution in [3.8, 4) is 5.75 Å². The highest BCUT2D eigenvalue weighted by molar-refractivity contribution is 7.46. The number of phosphoric ester groups is 1. The molecule has 0 bridgehead atoms. The van der Waals surface area contributed by atoms with Gasteiger partial charge in [0, 0.05) is 6.42 Å². The number of phosphoric acid groups is 1. The van der Waals surface area contributed by atoms with Gasteiger partial charge in [0.25, 0.3) is 0 Å². The van der Waals surface area contributed by atoms with E-state index in [-0.39, 0.29) is 5.91 Å². The molecule has 0 unspecified atom stereocenters. The van der Waals surface area contributed by atoms with E-state index in [0.717, 1.165) is 32.1 Å². The SMILES string of the molecule is CCCCCCCC(=O)N[C@H](c1cccc(OC)c1)C(C)(C)OP(=O)(O)O. The summed E-state index contributed by atoms with van der Waals surface area (Å²) in [5, 5.41) is 2.88. The van der Waals surface area contributed by atoms with Crippen molar-refractivity contribution in [3.05, 3.63) is 29.8 Å². The zero-order chi connectivity index (χ0) is 20.5. The molecule has 154 valence electrons. The predicted octanol–water partition coefficient (Wildman–Crippen LogP) is 4.10. The van der Waals surface area contributed by atoms with E-state index in [4.69, 9.17) is 9.26 Å². The van der Waals surface area contributed by atoms with Gasteiger partial charge in [0.05, 0.1) is 18.8 Å². The maximum atomic E-state index is 12.4. The van der Waals surface area contributed by atoms with Crippen molar-refractivity contribution in [1.29, 1.82) is 0 Å². The van der Waals surface area contributed by atoms with Crippen LogP contribution in [0.5, 0.6) is 5.75 Å². The molecule has 1 amide bonds. The van der Waals surface area contributed by atoms with Crippen molar-refractivity contribution < 1.29 is 28.4 Å². The number of ether oxygens (including phenoxy) is 1. The first-order valence-electron chi connectivity index (χ1n) is 9.28. The van der Waals surface area contributed by atoms with E-state index in [1.54, 1.807) is 24.3 Å². The normalized spacial score (nSPS) is 13.3. The molecule has 0 saturated carbocycles. The highest BCUT2D eigenvalue weighted by Crippen LogP contribution is 2.45. The van der Waals surface area contributed by atoms with Crippen molar-refractivity contribution >= 4 is 13.7 Å². The van der Waals surface area contributed by atoms with Gasteiger partial charge in [0.15, 0.2) is 0 Å². The summed E-state index contributed by atoms with van der Waals surface area (Å²) in [7, 11) is -3.21. The third kappa shape index (κ3) is 8.89. The maximum Gasteiger partial charge on any atom is 0.470 e. The summed E-state index contributed by atoms with van der Waals surface area (Å²) < 4.78 is 21.6. The third-order valence-electron chi connectivity index (χ3n) is 4.29. The average Bonchev–Trinajstić information content (AvgIpc) is 2.57. The molecule has 0 aliphatic heterocycles. The van der Waals surface area contributed by atoms with Crippen molar-refractivity contribution in [2.75, 3.05) is 7.11 Å². The monoisotopic (exact) mass is 401 g/mol. The zero-order valence-electron chi connectivity index (χ0n) is 16.6. The fraction of sp³-hybridized carbons (Fsp3) is 0.632. The summed E-state index contributed by atoms with van der Waals surface area (Å²) in [4.78, 5) is 31.0. The molecule has 1 atom stereocenters. The first-order valence-corrected chi connectivity index (χ1v) is 10.8. The molecular formula is C19H32NO6P. The smallest absolute Gasteiger partial charge is 0.470 e. The summed E-state index contributed by atoms with van der Waals surface area (Å²) >= 11 is 0. The molecule has 3 N–H and O–H groups in total. The average molecular weight is 401 g/mol. The predicted molar refractivity (Wildman–Crippen MR) is 104 cm³/mol. The Hall–Kier alpha value is -1.40. The first-order chi connectivity index (χ1) is 12.6. The number of hydrogen-bond donors (Lipinski definition) is 3. The minimum absolute atomic E-state index is 0.179. The number of benzene rings is 1. The molecule has 0 spiro atoms. The molecular weight excluding hydrogens is 369 g/mol. The number of hydrogen-bond acceptors (Lipinski definition) is 4. The van der Waals surface area contributed by atoms with Gasteiger partial charge < -0.3 is 19.8 Å². The Kier molecular flexibility index (Phi) is 9.47. The molecule has 7 nitrogen and oxygen atoms in total. The lowest BCUT2D eigenvalue weighted by Crippen LogP contribution is -2.43. The summed E-state index contributed by atoms with van der Waals surface area (Å²) in [5.41, 5.74) is -0.685. The fourth-order valence-electron chi connectivity index (χ4n) is 2.96. The van der Waals surface area contributed by atoms with Crippen molar-refractivity contribution in [2.45, 2.75) is 70.9 Å². The van der Waals surface area contributed by atoms with E-state index in [2.05, 4.69) is 12.2 Å². The number of methoxy groups -OCH3 is 1. The Morgan fingerprint density at radius 3 is 2.48 bits per heavy atom. The van der Waals surface area contributed by atoms with Crippen molar-refractivity contribution in [3.63, 3.8) is 0 Å². The second-order valence-corrected chi connectivity index (χ2v) is 8.29. The molecule has 8 heteroatoms. The van der Waals surface area contributed by atoms with Crippen LogP contribution >= 0.6 is 7.82 Å². The second kappa shape index (κ2) is 10.8. The molecule has 0 heterocycles. The molecule has 0 aliphatic carbocycles. The van der Waals surface area contributed by atoms with E-state index in [1.165, 1.54) is 21.0 Å². The third-order valence-corrected chi connectivity index (χ3v) is 5.00. The molecule has 0 radical (unpaired) electrons. The van der Waals surface area contributed by atoms with Gasteiger partial charge in [-0.3, -0.25) is 9.32 Å². The molecule has 0 aliphatic rings. The topological polar surface area (TPSA) is 105 Å². The van der Waals surface area contributed by atoms with E-state index >= 15 is 0 Å². The Balaban J connectivity index is 2.94. The number of carbonyl (C=O) groups is 1. The van der Waals surface area contributed by atoms with Gasteiger partial charge >= 0.3 is 7.82 Å². The lowest BCUT2D eigenvalue weighted by atomic mass is 9.91. The Labute approximate surface area is 161 Å². The maximum absolute atomic E-state index is 12.4. The fourth-order valence-corrected chi connectivity index (χ4v) is 3.68. The highest BCUT2D eigenvalue weighted by Gasteiger charge is 2.38. The number of rotatable bonds is 12. The van der Waals surface area contributed by atoms with Crippen LogP contribution in [-0.2, 0) is 13.9 Å². The molecule has 1 aromatic rings. The number of nitrogens with one attached hydrogen (secondary N) is 1. The van der Waals surface area contributed by atoms with Crippen LogP contribution in [0.3, 0.4) is 0 Å². The van der Waals surface area contributed by atoms with Crippen LogP contribution in [0.25, 0.3) is 0 Å². The quantitative estimate of drug-likeness (QED) is 0.360. The van der Waals surface area contributed by atoms with Gasteiger partial charge in [-0.1, -0.05) is 44.7 Å². The van der Waals surface area contributed by atoms with Crippen LogP contribution < -0.4 is 10.1 Å². The van der Waals surface area contributed by atoms with Crippen LogP contribution in [0.1, 0.15) is 70.9 Å².